The van der Waals surface area contributed by atoms with Gasteiger partial charge in [0.15, 0.2) is 0 Å². The molecule has 0 amide bonds. The van der Waals surface area contributed by atoms with Crippen molar-refractivity contribution in [2.75, 3.05) is 19.6 Å². The Hall–Kier alpha value is -0.260. The Morgan fingerprint density at radius 3 is 2.07 bits per heavy atom. The third kappa shape index (κ3) is 7.17. The molecule has 0 bridgehead atoms. The molecule has 0 aliphatic rings. The summed E-state index contributed by atoms with van der Waals surface area (Å²) < 4.78 is 0. The molecule has 1 atom stereocenters. The molecular formula is C11H21ClN2. The second kappa shape index (κ2) is 9.30. The molecule has 0 saturated carbocycles. The molecule has 0 heterocycles. The number of unbranched alkanes of at least 4 members (excludes halogenated alkanes) is 2. The SMILES string of the molecule is CCCCN(CCCC)CC(Cl)C#N. The van der Waals surface area contributed by atoms with Gasteiger partial charge in [0.05, 0.1) is 6.07 Å². The highest BCUT2D eigenvalue weighted by molar-refractivity contribution is 6.22. The molecule has 14 heavy (non-hydrogen) atoms. The van der Waals surface area contributed by atoms with Crippen LogP contribution in [-0.4, -0.2) is 29.9 Å². The first-order valence-electron chi connectivity index (χ1n) is 5.50. The molecule has 82 valence electrons. The average molecular weight is 217 g/mol. The zero-order chi connectivity index (χ0) is 10.8. The van der Waals surface area contributed by atoms with Gasteiger partial charge in [-0.15, -0.1) is 11.6 Å². The van der Waals surface area contributed by atoms with E-state index >= 15 is 0 Å². The predicted octanol–water partition coefficient (Wildman–Crippen LogP) is 3.02. The molecule has 1 unspecified atom stereocenters. The Morgan fingerprint density at radius 2 is 1.71 bits per heavy atom. The van der Waals surface area contributed by atoms with E-state index in [0.717, 1.165) is 13.1 Å². The van der Waals surface area contributed by atoms with E-state index in [1.807, 2.05) is 0 Å². The summed E-state index contributed by atoms with van der Waals surface area (Å²) in [5.41, 5.74) is 0. The van der Waals surface area contributed by atoms with Crippen molar-refractivity contribution in [3.8, 4) is 6.07 Å². The largest absolute Gasteiger partial charge is 0.301 e. The number of alkyl halides is 1. The maximum absolute atomic E-state index is 8.63. The summed E-state index contributed by atoms with van der Waals surface area (Å²) in [4.78, 5) is 2.30. The van der Waals surface area contributed by atoms with Gasteiger partial charge in [-0.1, -0.05) is 26.7 Å². The van der Waals surface area contributed by atoms with Crippen LogP contribution in [0.5, 0.6) is 0 Å². The molecule has 2 nitrogen and oxygen atoms in total. The van der Waals surface area contributed by atoms with E-state index in [2.05, 4.69) is 24.8 Å². The maximum atomic E-state index is 8.63. The third-order valence-corrected chi connectivity index (χ3v) is 2.45. The summed E-state index contributed by atoms with van der Waals surface area (Å²) in [5.74, 6) is 0. The van der Waals surface area contributed by atoms with Crippen molar-refractivity contribution in [3.05, 3.63) is 0 Å². The average Bonchev–Trinajstić information content (AvgIpc) is 2.21. The molecule has 0 aliphatic heterocycles. The smallest absolute Gasteiger partial charge is 0.133 e. The minimum atomic E-state index is -0.358. The molecule has 0 radical (unpaired) electrons. The molecule has 0 saturated heterocycles. The summed E-state index contributed by atoms with van der Waals surface area (Å²) in [5, 5.41) is 8.27. The first-order valence-corrected chi connectivity index (χ1v) is 5.94. The van der Waals surface area contributed by atoms with E-state index in [9.17, 15) is 0 Å². The van der Waals surface area contributed by atoms with E-state index in [-0.39, 0.29) is 5.38 Å². The lowest BCUT2D eigenvalue weighted by Crippen LogP contribution is -2.31. The van der Waals surface area contributed by atoms with Crippen LogP contribution in [0.15, 0.2) is 0 Å². The first-order chi connectivity index (χ1) is 6.74. The Kier molecular flexibility index (Phi) is 9.13. The van der Waals surface area contributed by atoms with Crippen LogP contribution >= 0.6 is 11.6 Å². The quantitative estimate of drug-likeness (QED) is 0.584. The van der Waals surface area contributed by atoms with Gasteiger partial charge < -0.3 is 4.90 Å². The van der Waals surface area contributed by atoms with E-state index in [0.29, 0.717) is 6.54 Å². The summed E-state index contributed by atoms with van der Waals surface area (Å²) in [6, 6.07) is 2.07. The zero-order valence-corrected chi connectivity index (χ0v) is 10.1. The maximum Gasteiger partial charge on any atom is 0.133 e. The van der Waals surface area contributed by atoms with Gasteiger partial charge in [0.2, 0.25) is 0 Å². The molecular weight excluding hydrogens is 196 g/mol. The second-order valence-corrected chi connectivity index (χ2v) is 4.13. The number of nitrogens with zero attached hydrogens (tertiary/aromatic N) is 2. The van der Waals surface area contributed by atoms with Gasteiger partial charge >= 0.3 is 0 Å². The Morgan fingerprint density at radius 1 is 1.21 bits per heavy atom. The minimum absolute atomic E-state index is 0.358. The second-order valence-electron chi connectivity index (χ2n) is 3.60. The Balaban J connectivity index is 3.78. The molecule has 3 heteroatoms. The fourth-order valence-electron chi connectivity index (χ4n) is 1.33. The molecule has 0 aromatic carbocycles. The molecule has 0 aromatic heterocycles. The van der Waals surface area contributed by atoms with Gasteiger partial charge in [-0.3, -0.25) is 0 Å². The van der Waals surface area contributed by atoms with E-state index < -0.39 is 0 Å². The van der Waals surface area contributed by atoms with Crippen LogP contribution < -0.4 is 0 Å². The van der Waals surface area contributed by atoms with Gasteiger partial charge in [0.1, 0.15) is 5.38 Å². The lowest BCUT2D eigenvalue weighted by atomic mass is 10.2. The van der Waals surface area contributed by atoms with Gasteiger partial charge in [0, 0.05) is 6.54 Å². The summed E-state index contributed by atoms with van der Waals surface area (Å²) in [6.45, 7) is 7.21. The van der Waals surface area contributed by atoms with Crippen LogP contribution in [0.2, 0.25) is 0 Å². The monoisotopic (exact) mass is 216 g/mol. The normalized spacial score (nSPS) is 12.8. The number of hydrogen-bond acceptors (Lipinski definition) is 2. The summed E-state index contributed by atoms with van der Waals surface area (Å²) in [7, 11) is 0. The molecule has 0 N–H and O–H groups in total. The van der Waals surface area contributed by atoms with Crippen LogP contribution in [0.1, 0.15) is 39.5 Å². The van der Waals surface area contributed by atoms with Crippen molar-refractivity contribution >= 4 is 11.6 Å². The Labute approximate surface area is 92.8 Å². The number of rotatable bonds is 8. The van der Waals surface area contributed by atoms with Crippen LogP contribution in [0.4, 0.5) is 0 Å². The lowest BCUT2D eigenvalue weighted by Gasteiger charge is -2.21. The fourth-order valence-corrected chi connectivity index (χ4v) is 1.52. The van der Waals surface area contributed by atoms with Gasteiger partial charge in [0.25, 0.3) is 0 Å². The van der Waals surface area contributed by atoms with Crippen LogP contribution in [0.25, 0.3) is 0 Å². The number of hydrogen-bond donors (Lipinski definition) is 0. The fraction of sp³-hybridized carbons (Fsp3) is 0.909. The van der Waals surface area contributed by atoms with E-state index in [1.54, 1.807) is 0 Å². The zero-order valence-electron chi connectivity index (χ0n) is 9.30. The lowest BCUT2D eigenvalue weighted by molar-refractivity contribution is 0.272. The molecule has 0 aliphatic carbocycles. The Bertz CT molecular complexity index is 157. The van der Waals surface area contributed by atoms with Crippen molar-refractivity contribution in [3.63, 3.8) is 0 Å². The summed E-state index contributed by atoms with van der Waals surface area (Å²) in [6.07, 6.45) is 4.78. The van der Waals surface area contributed by atoms with Crippen molar-refractivity contribution < 1.29 is 0 Å². The third-order valence-electron chi connectivity index (χ3n) is 2.21. The minimum Gasteiger partial charge on any atom is -0.301 e. The highest BCUT2D eigenvalue weighted by Gasteiger charge is 2.09. The standard InChI is InChI=1S/C11H21ClN2/c1-3-5-7-14(8-6-4-2)10-11(12)9-13/h11H,3-8,10H2,1-2H3. The molecule has 0 rings (SSSR count). The van der Waals surface area contributed by atoms with Gasteiger partial charge in [-0.05, 0) is 25.9 Å². The highest BCUT2D eigenvalue weighted by atomic mass is 35.5. The molecule has 0 aromatic rings. The van der Waals surface area contributed by atoms with Crippen molar-refractivity contribution in [2.24, 2.45) is 0 Å². The van der Waals surface area contributed by atoms with Crippen molar-refractivity contribution in [1.82, 2.24) is 4.90 Å². The van der Waals surface area contributed by atoms with Crippen LogP contribution in [0.3, 0.4) is 0 Å². The predicted molar refractivity (Wildman–Crippen MR) is 61.5 cm³/mol. The highest BCUT2D eigenvalue weighted by Crippen LogP contribution is 2.03. The topological polar surface area (TPSA) is 27.0 Å². The van der Waals surface area contributed by atoms with E-state index in [1.165, 1.54) is 25.7 Å². The van der Waals surface area contributed by atoms with Crippen molar-refractivity contribution in [2.45, 2.75) is 44.9 Å². The van der Waals surface area contributed by atoms with Crippen LogP contribution in [-0.2, 0) is 0 Å². The summed E-state index contributed by atoms with van der Waals surface area (Å²) >= 11 is 5.82. The van der Waals surface area contributed by atoms with Gasteiger partial charge in [-0.2, -0.15) is 5.26 Å². The van der Waals surface area contributed by atoms with E-state index in [4.69, 9.17) is 16.9 Å². The first kappa shape index (κ1) is 13.7. The number of halogens is 1. The number of nitriles is 1. The van der Waals surface area contributed by atoms with Gasteiger partial charge in [-0.25, -0.2) is 0 Å². The van der Waals surface area contributed by atoms with Crippen LogP contribution in [0, 0.1) is 11.3 Å². The van der Waals surface area contributed by atoms with Crippen molar-refractivity contribution in [1.29, 1.82) is 5.26 Å². The molecule has 0 fully saturated rings. The molecule has 0 spiro atoms.